The summed E-state index contributed by atoms with van der Waals surface area (Å²) in [5.41, 5.74) is 8.51. The first-order chi connectivity index (χ1) is 7.72. The molecular weight excluding hydrogens is 224 g/mol. The van der Waals surface area contributed by atoms with E-state index in [1.165, 1.54) is 0 Å². The number of nitrogens with two attached hydrogens (primary N) is 1. The molecule has 0 bridgehead atoms. The van der Waals surface area contributed by atoms with Crippen molar-refractivity contribution < 1.29 is 4.74 Å². The Labute approximate surface area is 98.5 Å². The van der Waals surface area contributed by atoms with Gasteiger partial charge < -0.3 is 10.5 Å². The van der Waals surface area contributed by atoms with Crippen molar-refractivity contribution in [2.75, 3.05) is 6.61 Å². The molecule has 0 saturated carbocycles. The second-order valence-electron chi connectivity index (χ2n) is 2.75. The van der Waals surface area contributed by atoms with Gasteiger partial charge >= 0.3 is 0 Å². The van der Waals surface area contributed by atoms with Crippen molar-refractivity contribution in [2.24, 2.45) is 10.8 Å². The van der Waals surface area contributed by atoms with Gasteiger partial charge in [-0.15, -0.1) is 0 Å². The number of hydrazone groups is 1. The van der Waals surface area contributed by atoms with E-state index in [-0.39, 0.29) is 11.7 Å². The van der Waals surface area contributed by atoms with Crippen LogP contribution >= 0.6 is 12.2 Å². The van der Waals surface area contributed by atoms with Crippen molar-refractivity contribution in [3.8, 4) is 11.8 Å². The molecule has 82 valence electrons. The van der Waals surface area contributed by atoms with Gasteiger partial charge in [-0.2, -0.15) is 10.4 Å². The summed E-state index contributed by atoms with van der Waals surface area (Å²) in [6.07, 6.45) is 1.58. The first-order valence-corrected chi connectivity index (χ1v) is 4.81. The fourth-order valence-corrected chi connectivity index (χ4v) is 0.989. The molecule has 0 heterocycles. The molecule has 0 atom stereocenters. The second kappa shape index (κ2) is 6.37. The van der Waals surface area contributed by atoms with E-state index in [9.17, 15) is 0 Å². The molecule has 0 fully saturated rings. The van der Waals surface area contributed by atoms with Crippen LogP contribution in [0.15, 0.2) is 29.4 Å². The van der Waals surface area contributed by atoms with E-state index in [2.05, 4.69) is 22.7 Å². The topological polar surface area (TPSA) is 83.4 Å². The van der Waals surface area contributed by atoms with Crippen LogP contribution in [0.3, 0.4) is 0 Å². The Kier molecular flexibility index (Phi) is 4.76. The molecule has 3 N–H and O–H groups in total. The molecule has 0 saturated heterocycles. The number of benzene rings is 1. The van der Waals surface area contributed by atoms with Crippen LogP contribution < -0.4 is 15.9 Å². The van der Waals surface area contributed by atoms with Gasteiger partial charge in [0.25, 0.3) is 0 Å². The quantitative estimate of drug-likeness (QED) is 0.456. The minimum absolute atomic E-state index is 0.0381. The Hall–Kier alpha value is -2.13. The van der Waals surface area contributed by atoms with E-state index >= 15 is 0 Å². The Morgan fingerprint density at radius 2 is 2.25 bits per heavy atom. The van der Waals surface area contributed by atoms with Crippen molar-refractivity contribution in [1.82, 2.24) is 5.43 Å². The molecule has 1 aromatic rings. The van der Waals surface area contributed by atoms with Gasteiger partial charge in [-0.1, -0.05) is 0 Å². The summed E-state index contributed by atoms with van der Waals surface area (Å²) in [5.74, 6) is 0.640. The Morgan fingerprint density at radius 3 is 2.81 bits per heavy atom. The summed E-state index contributed by atoms with van der Waals surface area (Å²) in [6.45, 7) is 0.0381. The largest absolute Gasteiger partial charge is 0.479 e. The zero-order chi connectivity index (χ0) is 11.8. The lowest BCUT2D eigenvalue weighted by atomic mass is 10.2. The van der Waals surface area contributed by atoms with Crippen molar-refractivity contribution in [2.45, 2.75) is 0 Å². The van der Waals surface area contributed by atoms with Crippen molar-refractivity contribution in [3.05, 3.63) is 29.8 Å². The summed E-state index contributed by atoms with van der Waals surface area (Å²) < 4.78 is 5.09. The molecule has 1 aromatic carbocycles. The molecule has 0 spiro atoms. The average molecular weight is 234 g/mol. The highest BCUT2D eigenvalue weighted by Gasteiger charge is 1.92. The first-order valence-electron chi connectivity index (χ1n) is 4.40. The Morgan fingerprint density at radius 1 is 1.56 bits per heavy atom. The molecule has 0 aliphatic rings. The van der Waals surface area contributed by atoms with Gasteiger partial charge in [0, 0.05) is 0 Å². The standard InChI is InChI=1S/C10H10N4OS/c11-5-6-15-9-3-1-8(2-4-9)7-13-14-10(12)16/h1-4,7H,6H2,(H3,12,14,16). The molecule has 0 aromatic heterocycles. The maximum absolute atomic E-state index is 8.32. The molecule has 0 amide bonds. The van der Waals surface area contributed by atoms with Gasteiger partial charge in [0.1, 0.15) is 11.8 Å². The highest BCUT2D eigenvalue weighted by atomic mass is 32.1. The SMILES string of the molecule is N#CCOc1ccc(C=NNC(N)=S)cc1. The summed E-state index contributed by atoms with van der Waals surface area (Å²) >= 11 is 4.58. The highest BCUT2D eigenvalue weighted by Crippen LogP contribution is 2.10. The molecule has 0 radical (unpaired) electrons. The van der Waals surface area contributed by atoms with Crippen molar-refractivity contribution in [1.29, 1.82) is 5.26 Å². The molecular formula is C10H10N4OS. The molecule has 0 aliphatic carbocycles. The molecule has 6 heteroatoms. The normalized spacial score (nSPS) is 9.69. The first kappa shape index (κ1) is 11.9. The molecule has 0 aliphatic heterocycles. The lowest BCUT2D eigenvalue weighted by Crippen LogP contribution is -2.23. The van der Waals surface area contributed by atoms with Crippen LogP contribution in [0.4, 0.5) is 0 Å². The minimum Gasteiger partial charge on any atom is -0.479 e. The molecule has 0 unspecified atom stereocenters. The van der Waals surface area contributed by atoms with Gasteiger partial charge in [0.2, 0.25) is 0 Å². The minimum atomic E-state index is 0.0381. The monoisotopic (exact) mass is 234 g/mol. The van der Waals surface area contributed by atoms with E-state index in [0.29, 0.717) is 5.75 Å². The number of nitriles is 1. The van der Waals surface area contributed by atoms with Crippen LogP contribution in [0.2, 0.25) is 0 Å². The highest BCUT2D eigenvalue weighted by molar-refractivity contribution is 7.80. The van der Waals surface area contributed by atoms with Crippen LogP contribution in [0, 0.1) is 11.3 Å². The van der Waals surface area contributed by atoms with Gasteiger partial charge in [-0.05, 0) is 42.0 Å². The number of nitrogens with one attached hydrogen (secondary N) is 1. The number of nitrogens with zero attached hydrogens (tertiary/aromatic N) is 2. The second-order valence-corrected chi connectivity index (χ2v) is 3.19. The lowest BCUT2D eigenvalue weighted by Gasteiger charge is -2.00. The Bertz CT molecular complexity index is 421. The zero-order valence-corrected chi connectivity index (χ0v) is 9.20. The van der Waals surface area contributed by atoms with E-state index in [1.54, 1.807) is 30.5 Å². The zero-order valence-electron chi connectivity index (χ0n) is 8.38. The summed E-state index contributed by atoms with van der Waals surface area (Å²) in [5, 5.41) is 12.2. The van der Waals surface area contributed by atoms with Gasteiger partial charge in [-0.3, -0.25) is 5.43 Å². The van der Waals surface area contributed by atoms with Gasteiger partial charge in [0.15, 0.2) is 11.7 Å². The average Bonchev–Trinajstić information content (AvgIpc) is 2.27. The summed E-state index contributed by atoms with van der Waals surface area (Å²) in [4.78, 5) is 0. The fraction of sp³-hybridized carbons (Fsp3) is 0.100. The van der Waals surface area contributed by atoms with E-state index in [0.717, 1.165) is 5.56 Å². The fourth-order valence-electron chi connectivity index (χ4n) is 0.936. The predicted octanol–water partition coefficient (Wildman–Crippen LogP) is 0.756. The van der Waals surface area contributed by atoms with Crippen LogP contribution in [0.25, 0.3) is 0 Å². The summed E-state index contributed by atoms with van der Waals surface area (Å²) in [6, 6.07) is 9.00. The van der Waals surface area contributed by atoms with Crippen LogP contribution in [0.5, 0.6) is 5.75 Å². The maximum atomic E-state index is 8.32. The van der Waals surface area contributed by atoms with Crippen molar-refractivity contribution >= 4 is 23.5 Å². The molecule has 5 nitrogen and oxygen atoms in total. The van der Waals surface area contributed by atoms with Crippen LogP contribution in [-0.4, -0.2) is 17.9 Å². The molecule has 1 rings (SSSR count). The molecule has 16 heavy (non-hydrogen) atoms. The van der Waals surface area contributed by atoms with Crippen LogP contribution in [-0.2, 0) is 0 Å². The van der Waals surface area contributed by atoms with E-state index in [4.69, 9.17) is 15.7 Å². The number of thiocarbonyl (C=S) groups is 1. The lowest BCUT2D eigenvalue weighted by molar-refractivity contribution is 0.368. The number of ether oxygens (including phenoxy) is 1. The third-order valence-corrected chi connectivity index (χ3v) is 1.66. The maximum Gasteiger partial charge on any atom is 0.184 e. The van der Waals surface area contributed by atoms with Crippen molar-refractivity contribution in [3.63, 3.8) is 0 Å². The third-order valence-electron chi connectivity index (χ3n) is 1.57. The van der Waals surface area contributed by atoms with E-state index in [1.807, 2.05) is 6.07 Å². The number of hydrogen-bond donors (Lipinski definition) is 2. The van der Waals surface area contributed by atoms with Gasteiger partial charge in [-0.25, -0.2) is 0 Å². The van der Waals surface area contributed by atoms with Crippen LogP contribution in [0.1, 0.15) is 5.56 Å². The van der Waals surface area contributed by atoms with Gasteiger partial charge in [0.05, 0.1) is 6.21 Å². The summed E-state index contributed by atoms with van der Waals surface area (Å²) in [7, 11) is 0. The predicted molar refractivity (Wildman–Crippen MR) is 65.1 cm³/mol. The number of rotatable bonds is 4. The Balaban J connectivity index is 2.54. The third kappa shape index (κ3) is 4.39. The smallest absolute Gasteiger partial charge is 0.184 e. The van der Waals surface area contributed by atoms with E-state index < -0.39 is 0 Å². The number of hydrogen-bond acceptors (Lipinski definition) is 4.